The van der Waals surface area contributed by atoms with Gasteiger partial charge in [0.1, 0.15) is 18.1 Å². The first-order chi connectivity index (χ1) is 16.9. The highest BCUT2D eigenvalue weighted by molar-refractivity contribution is 5.95. The predicted molar refractivity (Wildman–Crippen MR) is 132 cm³/mol. The Balaban J connectivity index is 2.27. The number of nitrogens with one attached hydrogen (secondary N) is 4. The number of para-hydroxylation sites is 1. The Morgan fingerprint density at radius 3 is 2.19 bits per heavy atom. The van der Waals surface area contributed by atoms with Crippen LogP contribution < -0.4 is 21.7 Å². The van der Waals surface area contributed by atoms with E-state index in [9.17, 15) is 34.5 Å². The van der Waals surface area contributed by atoms with E-state index in [0.29, 0.717) is 12.0 Å². The van der Waals surface area contributed by atoms with Gasteiger partial charge in [-0.2, -0.15) is 0 Å². The normalized spacial score (nSPS) is 15.5. The van der Waals surface area contributed by atoms with Crippen LogP contribution in [0.2, 0.25) is 0 Å². The number of carbonyl (C=O) groups is 4. The highest BCUT2D eigenvalue weighted by Crippen LogP contribution is 2.19. The van der Waals surface area contributed by atoms with Crippen LogP contribution in [-0.4, -0.2) is 80.9 Å². The van der Waals surface area contributed by atoms with Gasteiger partial charge in [-0.25, -0.2) is 4.79 Å². The SMILES string of the molecule is CC(C)CC(N)C(=O)NC(C(=O)NC(Cc1c[nH]c2ccccc12)C(=O)NC(CO)C(=O)O)C(C)O. The summed E-state index contributed by atoms with van der Waals surface area (Å²) >= 11 is 0. The summed E-state index contributed by atoms with van der Waals surface area (Å²) in [5.41, 5.74) is 7.35. The molecule has 36 heavy (non-hydrogen) atoms. The number of aliphatic carboxylic acids is 1. The van der Waals surface area contributed by atoms with Gasteiger partial charge in [-0.1, -0.05) is 32.0 Å². The molecule has 0 saturated carbocycles. The number of benzene rings is 1. The number of H-pyrrole nitrogens is 1. The quantitative estimate of drug-likeness (QED) is 0.169. The monoisotopic (exact) mass is 505 g/mol. The van der Waals surface area contributed by atoms with Crippen LogP contribution in [-0.2, 0) is 25.6 Å². The van der Waals surface area contributed by atoms with Gasteiger partial charge in [-0.15, -0.1) is 0 Å². The zero-order valence-electron chi connectivity index (χ0n) is 20.5. The first-order valence-corrected chi connectivity index (χ1v) is 11.7. The maximum absolute atomic E-state index is 13.1. The van der Waals surface area contributed by atoms with Gasteiger partial charge in [0, 0.05) is 23.5 Å². The number of carboxylic acids is 1. The standard InChI is InChI=1S/C24H35N5O7/c1-12(2)8-16(25)21(32)29-20(13(3)31)23(34)27-18(22(33)28-19(11-30)24(35)36)9-14-10-26-17-7-5-4-6-15(14)17/h4-7,10,12-13,16,18-20,26,30-31H,8-9,11,25H2,1-3H3,(H,27,34)(H,28,33)(H,29,32)(H,35,36). The molecule has 2 aromatic rings. The van der Waals surface area contributed by atoms with Crippen LogP contribution in [0.3, 0.4) is 0 Å². The molecule has 198 valence electrons. The van der Waals surface area contributed by atoms with E-state index in [-0.39, 0.29) is 12.3 Å². The fourth-order valence-corrected chi connectivity index (χ4v) is 3.73. The first kappa shape index (κ1) is 28.8. The van der Waals surface area contributed by atoms with Crippen LogP contribution in [0.5, 0.6) is 0 Å². The second-order valence-corrected chi connectivity index (χ2v) is 9.17. The lowest BCUT2D eigenvalue weighted by molar-refractivity contribution is -0.143. The molecule has 0 aliphatic heterocycles. The van der Waals surface area contributed by atoms with E-state index in [2.05, 4.69) is 20.9 Å². The van der Waals surface area contributed by atoms with Crippen molar-refractivity contribution in [1.82, 2.24) is 20.9 Å². The third kappa shape index (κ3) is 7.77. The molecule has 0 fully saturated rings. The number of carboxylic acid groups (broad SMARTS) is 1. The van der Waals surface area contributed by atoms with Crippen LogP contribution in [0.25, 0.3) is 10.9 Å². The summed E-state index contributed by atoms with van der Waals surface area (Å²) in [4.78, 5) is 52.9. The molecule has 0 aliphatic rings. The van der Waals surface area contributed by atoms with Crippen molar-refractivity contribution >= 4 is 34.6 Å². The summed E-state index contributed by atoms with van der Waals surface area (Å²) in [5, 5.41) is 36.6. The van der Waals surface area contributed by atoms with Crippen LogP contribution in [0, 0.1) is 5.92 Å². The molecule has 9 N–H and O–H groups in total. The molecular formula is C24H35N5O7. The summed E-state index contributed by atoms with van der Waals surface area (Å²) in [6.45, 7) is 4.22. The molecule has 0 aliphatic carbocycles. The van der Waals surface area contributed by atoms with E-state index in [4.69, 9.17) is 5.73 Å². The number of hydrogen-bond donors (Lipinski definition) is 8. The average molecular weight is 506 g/mol. The maximum atomic E-state index is 13.1. The number of fused-ring (bicyclic) bond motifs is 1. The van der Waals surface area contributed by atoms with Crippen LogP contribution in [0.15, 0.2) is 30.5 Å². The van der Waals surface area contributed by atoms with Crippen molar-refractivity contribution in [1.29, 1.82) is 0 Å². The third-order valence-electron chi connectivity index (χ3n) is 5.65. The Bertz CT molecular complexity index is 1070. The molecule has 5 unspecified atom stereocenters. The van der Waals surface area contributed by atoms with E-state index in [1.54, 1.807) is 12.3 Å². The van der Waals surface area contributed by atoms with Gasteiger partial charge in [0.15, 0.2) is 0 Å². The van der Waals surface area contributed by atoms with Crippen LogP contribution in [0.4, 0.5) is 0 Å². The fraction of sp³-hybridized carbons (Fsp3) is 0.500. The third-order valence-corrected chi connectivity index (χ3v) is 5.65. The molecule has 5 atom stereocenters. The molecule has 0 radical (unpaired) electrons. The molecule has 12 nitrogen and oxygen atoms in total. The van der Waals surface area contributed by atoms with Crippen molar-refractivity contribution in [3.8, 4) is 0 Å². The maximum Gasteiger partial charge on any atom is 0.328 e. The lowest BCUT2D eigenvalue weighted by Crippen LogP contribution is -2.60. The lowest BCUT2D eigenvalue weighted by Gasteiger charge is -2.26. The number of hydrogen-bond acceptors (Lipinski definition) is 7. The number of aliphatic hydroxyl groups is 2. The van der Waals surface area contributed by atoms with Gasteiger partial charge in [0.2, 0.25) is 17.7 Å². The molecule has 1 aromatic heterocycles. The van der Waals surface area contributed by atoms with E-state index < -0.39 is 60.6 Å². The Morgan fingerprint density at radius 1 is 0.972 bits per heavy atom. The molecule has 3 amide bonds. The van der Waals surface area contributed by atoms with Gasteiger partial charge in [0.05, 0.1) is 18.8 Å². The average Bonchev–Trinajstić information content (AvgIpc) is 3.22. The smallest absolute Gasteiger partial charge is 0.328 e. The van der Waals surface area contributed by atoms with E-state index in [1.807, 2.05) is 32.0 Å². The second-order valence-electron chi connectivity index (χ2n) is 9.17. The summed E-state index contributed by atoms with van der Waals surface area (Å²) < 4.78 is 0. The Labute approximate surface area is 208 Å². The van der Waals surface area contributed by atoms with Crippen LogP contribution in [0.1, 0.15) is 32.8 Å². The van der Waals surface area contributed by atoms with Gasteiger partial charge < -0.3 is 42.0 Å². The Hall–Kier alpha value is -3.48. The van der Waals surface area contributed by atoms with Gasteiger partial charge in [-0.3, -0.25) is 14.4 Å². The van der Waals surface area contributed by atoms with E-state index >= 15 is 0 Å². The summed E-state index contributed by atoms with van der Waals surface area (Å²) in [6, 6.07) is 2.10. The van der Waals surface area contributed by atoms with Crippen molar-refractivity contribution in [2.75, 3.05) is 6.61 Å². The van der Waals surface area contributed by atoms with Gasteiger partial charge in [0.25, 0.3) is 0 Å². The van der Waals surface area contributed by atoms with Crippen molar-refractivity contribution in [2.24, 2.45) is 11.7 Å². The molecule has 0 saturated heterocycles. The minimum absolute atomic E-state index is 0.0350. The van der Waals surface area contributed by atoms with Crippen molar-refractivity contribution in [3.63, 3.8) is 0 Å². The van der Waals surface area contributed by atoms with Crippen molar-refractivity contribution < 1.29 is 34.5 Å². The summed E-state index contributed by atoms with van der Waals surface area (Å²) in [5.74, 6) is -3.67. The summed E-state index contributed by atoms with van der Waals surface area (Å²) in [7, 11) is 0. The lowest BCUT2D eigenvalue weighted by atomic mass is 10.0. The number of amides is 3. The second kappa shape index (κ2) is 13.0. The number of aliphatic hydroxyl groups excluding tert-OH is 2. The zero-order chi connectivity index (χ0) is 27.0. The van der Waals surface area contributed by atoms with E-state index in [1.165, 1.54) is 6.92 Å². The molecular weight excluding hydrogens is 470 g/mol. The highest BCUT2D eigenvalue weighted by atomic mass is 16.4. The molecule has 0 spiro atoms. The molecule has 1 heterocycles. The van der Waals surface area contributed by atoms with Crippen molar-refractivity contribution in [3.05, 3.63) is 36.0 Å². The van der Waals surface area contributed by atoms with Crippen molar-refractivity contribution in [2.45, 2.75) is 63.9 Å². The number of aromatic amines is 1. The predicted octanol–water partition coefficient (Wildman–Crippen LogP) is -1.00. The number of carbonyl (C=O) groups excluding carboxylic acids is 3. The topological polar surface area (TPSA) is 207 Å². The highest BCUT2D eigenvalue weighted by Gasteiger charge is 2.33. The number of nitrogens with two attached hydrogens (primary N) is 1. The zero-order valence-corrected chi connectivity index (χ0v) is 20.5. The van der Waals surface area contributed by atoms with Crippen LogP contribution >= 0.6 is 0 Å². The molecule has 12 heteroatoms. The molecule has 1 aromatic carbocycles. The van der Waals surface area contributed by atoms with Gasteiger partial charge >= 0.3 is 5.97 Å². The number of rotatable bonds is 13. The minimum atomic E-state index is -1.58. The van der Waals surface area contributed by atoms with Gasteiger partial charge in [-0.05, 0) is 30.9 Å². The molecule has 2 rings (SSSR count). The largest absolute Gasteiger partial charge is 0.480 e. The summed E-state index contributed by atoms with van der Waals surface area (Å²) in [6.07, 6.45) is 0.674. The van der Waals surface area contributed by atoms with E-state index in [0.717, 1.165) is 10.9 Å². The minimum Gasteiger partial charge on any atom is -0.480 e. The Kier molecular flexibility index (Phi) is 10.4. The number of aromatic nitrogens is 1. The molecule has 0 bridgehead atoms. The first-order valence-electron chi connectivity index (χ1n) is 11.7. The Morgan fingerprint density at radius 2 is 1.61 bits per heavy atom. The fourth-order valence-electron chi connectivity index (χ4n) is 3.73.